The fourth-order valence-electron chi connectivity index (χ4n) is 5.47. The molecule has 3 unspecified atom stereocenters. The summed E-state index contributed by atoms with van der Waals surface area (Å²) in [5.41, 5.74) is 2.94. The quantitative estimate of drug-likeness (QED) is 0.759. The number of hydrogen-bond acceptors (Lipinski definition) is 5. The molecule has 27 heavy (non-hydrogen) atoms. The molecule has 3 aliphatic rings. The minimum Gasteiger partial charge on any atom is -0.383 e. The maximum atomic E-state index is 5.55. The van der Waals surface area contributed by atoms with Crippen LogP contribution < -0.4 is 4.90 Å². The Morgan fingerprint density at radius 1 is 1.33 bits per heavy atom. The van der Waals surface area contributed by atoms with Crippen LogP contribution in [0.2, 0.25) is 0 Å². The first-order valence-corrected chi connectivity index (χ1v) is 10.6. The summed E-state index contributed by atoms with van der Waals surface area (Å²) in [4.78, 5) is 14.8. The van der Waals surface area contributed by atoms with Crippen LogP contribution in [0, 0.1) is 24.2 Å². The highest BCUT2D eigenvalue weighted by Crippen LogP contribution is 2.61. The molecule has 150 valence electrons. The van der Waals surface area contributed by atoms with Gasteiger partial charge in [0.2, 0.25) is 0 Å². The normalized spacial score (nSPS) is 30.1. The van der Waals surface area contributed by atoms with Gasteiger partial charge in [0.25, 0.3) is 0 Å². The van der Waals surface area contributed by atoms with Crippen molar-refractivity contribution in [1.29, 1.82) is 0 Å². The number of aryl methyl sites for hydroxylation is 1. The smallest absolute Gasteiger partial charge is 0.147 e. The van der Waals surface area contributed by atoms with Gasteiger partial charge >= 0.3 is 0 Å². The Labute approximate surface area is 164 Å². The van der Waals surface area contributed by atoms with Crippen molar-refractivity contribution in [3.63, 3.8) is 0 Å². The van der Waals surface area contributed by atoms with Gasteiger partial charge in [-0.25, -0.2) is 4.98 Å². The molecule has 0 amide bonds. The van der Waals surface area contributed by atoms with E-state index in [4.69, 9.17) is 14.7 Å². The van der Waals surface area contributed by atoms with Gasteiger partial charge in [-0.15, -0.1) is 0 Å². The lowest BCUT2D eigenvalue weighted by molar-refractivity contribution is 0.0884. The van der Waals surface area contributed by atoms with E-state index in [1.54, 1.807) is 0 Å². The largest absolute Gasteiger partial charge is 0.383 e. The molecule has 5 nitrogen and oxygen atoms in total. The molecule has 1 aliphatic heterocycles. The summed E-state index contributed by atoms with van der Waals surface area (Å²) in [6.07, 6.45) is 8.65. The van der Waals surface area contributed by atoms with Crippen LogP contribution in [0.4, 0.5) is 5.82 Å². The van der Waals surface area contributed by atoms with Crippen LogP contribution in [0.5, 0.6) is 0 Å². The molecule has 2 saturated carbocycles. The highest BCUT2D eigenvalue weighted by Gasteiger charge is 2.54. The number of ether oxygens (including phenoxy) is 1. The number of rotatable bonds is 6. The summed E-state index contributed by atoms with van der Waals surface area (Å²) >= 11 is 0. The molecule has 2 aliphatic carbocycles. The van der Waals surface area contributed by atoms with Crippen LogP contribution in [0.1, 0.15) is 63.4 Å². The zero-order chi connectivity index (χ0) is 19.3. The van der Waals surface area contributed by atoms with E-state index in [1.807, 2.05) is 13.3 Å². The number of aromatic nitrogens is 2. The standard InChI is InChI=1S/C22H36N4O/c1-14(2)17-9-18(26(5)19(17)13-27-6)21-15(3)23-12-20(24-21)25(4)16-10-22(11-16)7-8-22/h12,14,16-19H,7-11,13H2,1-6H3. The predicted molar refractivity (Wildman–Crippen MR) is 109 cm³/mol. The van der Waals surface area contributed by atoms with Crippen LogP contribution in [0.25, 0.3) is 0 Å². The van der Waals surface area contributed by atoms with Crippen LogP contribution in [-0.4, -0.2) is 54.8 Å². The van der Waals surface area contributed by atoms with Gasteiger partial charge in [-0.05, 0) is 63.3 Å². The lowest BCUT2D eigenvalue weighted by atomic mass is 9.76. The van der Waals surface area contributed by atoms with Crippen molar-refractivity contribution in [3.8, 4) is 0 Å². The number of methoxy groups -OCH3 is 1. The third-order valence-electron chi connectivity index (χ3n) is 7.70. The highest BCUT2D eigenvalue weighted by molar-refractivity contribution is 5.40. The van der Waals surface area contributed by atoms with E-state index < -0.39 is 0 Å². The third kappa shape index (κ3) is 3.38. The Bertz CT molecular complexity index is 679. The SMILES string of the molecule is COCC1C(C(C)C)CC(c2nc(N(C)C3CC4(CC4)C3)cnc2C)N1C. The van der Waals surface area contributed by atoms with Gasteiger partial charge in [0.1, 0.15) is 5.82 Å². The molecule has 0 radical (unpaired) electrons. The Morgan fingerprint density at radius 3 is 2.63 bits per heavy atom. The topological polar surface area (TPSA) is 41.5 Å². The second-order valence-electron chi connectivity index (χ2n) is 9.72. The van der Waals surface area contributed by atoms with Gasteiger partial charge in [-0.3, -0.25) is 9.88 Å². The van der Waals surface area contributed by atoms with Gasteiger partial charge in [0, 0.05) is 26.2 Å². The first-order chi connectivity index (χ1) is 12.8. The molecular formula is C22H36N4O. The zero-order valence-corrected chi connectivity index (χ0v) is 17.9. The molecule has 4 rings (SSSR count). The van der Waals surface area contributed by atoms with E-state index in [1.165, 1.54) is 25.7 Å². The minimum atomic E-state index is 0.328. The van der Waals surface area contributed by atoms with Gasteiger partial charge in [0.05, 0.1) is 30.2 Å². The maximum Gasteiger partial charge on any atom is 0.147 e. The Morgan fingerprint density at radius 2 is 2.04 bits per heavy atom. The van der Waals surface area contributed by atoms with Crippen molar-refractivity contribution in [3.05, 3.63) is 17.6 Å². The molecule has 0 bridgehead atoms. The number of anilines is 1. The summed E-state index contributed by atoms with van der Waals surface area (Å²) in [5.74, 6) is 2.31. The van der Waals surface area contributed by atoms with Crippen molar-refractivity contribution in [2.24, 2.45) is 17.3 Å². The van der Waals surface area contributed by atoms with E-state index >= 15 is 0 Å². The van der Waals surface area contributed by atoms with Crippen LogP contribution >= 0.6 is 0 Å². The monoisotopic (exact) mass is 372 g/mol. The molecule has 2 heterocycles. The highest BCUT2D eigenvalue weighted by atomic mass is 16.5. The molecule has 3 atom stereocenters. The maximum absolute atomic E-state index is 5.55. The van der Waals surface area contributed by atoms with Gasteiger partial charge in [0.15, 0.2) is 0 Å². The average molecular weight is 373 g/mol. The molecule has 1 aromatic rings. The van der Waals surface area contributed by atoms with Crippen molar-refractivity contribution in [2.45, 2.75) is 71.0 Å². The third-order valence-corrected chi connectivity index (χ3v) is 7.70. The van der Waals surface area contributed by atoms with Gasteiger partial charge in [-0.2, -0.15) is 0 Å². The first kappa shape index (κ1) is 19.1. The Balaban J connectivity index is 1.55. The molecular weight excluding hydrogens is 336 g/mol. The molecule has 1 saturated heterocycles. The first-order valence-electron chi connectivity index (χ1n) is 10.6. The van der Waals surface area contributed by atoms with Crippen LogP contribution in [-0.2, 0) is 4.74 Å². The summed E-state index contributed by atoms with van der Waals surface area (Å²) in [5, 5.41) is 0. The molecule has 1 spiro atoms. The molecule has 5 heteroatoms. The zero-order valence-electron chi connectivity index (χ0n) is 17.9. The van der Waals surface area contributed by atoms with Crippen LogP contribution in [0.3, 0.4) is 0 Å². The molecule has 3 fully saturated rings. The average Bonchev–Trinajstić information content (AvgIpc) is 3.34. The summed E-state index contributed by atoms with van der Waals surface area (Å²) in [6.45, 7) is 7.55. The number of likely N-dealkylation sites (tertiary alicyclic amines) is 1. The van der Waals surface area contributed by atoms with E-state index in [9.17, 15) is 0 Å². The molecule has 1 aromatic heterocycles. The van der Waals surface area contributed by atoms with Crippen LogP contribution in [0.15, 0.2) is 6.20 Å². The van der Waals surface area contributed by atoms with Crippen molar-refractivity contribution in [2.75, 3.05) is 32.7 Å². The van der Waals surface area contributed by atoms with E-state index in [0.717, 1.165) is 30.2 Å². The summed E-state index contributed by atoms with van der Waals surface area (Å²) in [6, 6.07) is 1.42. The Kier molecular flexibility index (Phi) is 4.96. The Hall–Kier alpha value is -1.20. The van der Waals surface area contributed by atoms with E-state index in [2.05, 4.69) is 44.7 Å². The number of likely N-dealkylation sites (N-methyl/N-ethyl adjacent to an activating group) is 1. The summed E-state index contributed by atoms with van der Waals surface area (Å²) in [7, 11) is 6.24. The lowest BCUT2D eigenvalue weighted by Crippen LogP contribution is -2.44. The second-order valence-corrected chi connectivity index (χ2v) is 9.72. The fraction of sp³-hybridized carbons (Fsp3) is 0.818. The minimum absolute atomic E-state index is 0.328. The number of nitrogens with zero attached hydrogens (tertiary/aromatic N) is 4. The second kappa shape index (κ2) is 7.00. The van der Waals surface area contributed by atoms with E-state index in [0.29, 0.717) is 35.4 Å². The fourth-order valence-corrected chi connectivity index (χ4v) is 5.47. The number of hydrogen-bond donors (Lipinski definition) is 0. The van der Waals surface area contributed by atoms with Crippen molar-refractivity contribution >= 4 is 5.82 Å². The molecule has 0 aromatic carbocycles. The lowest BCUT2D eigenvalue weighted by Gasteiger charge is -2.42. The predicted octanol–water partition coefficient (Wildman–Crippen LogP) is 3.83. The van der Waals surface area contributed by atoms with Crippen molar-refractivity contribution in [1.82, 2.24) is 14.9 Å². The van der Waals surface area contributed by atoms with Crippen molar-refractivity contribution < 1.29 is 4.74 Å². The van der Waals surface area contributed by atoms with Gasteiger partial charge < -0.3 is 9.64 Å². The molecule has 0 N–H and O–H groups in total. The summed E-state index contributed by atoms with van der Waals surface area (Å²) < 4.78 is 5.55. The van der Waals surface area contributed by atoms with Gasteiger partial charge in [-0.1, -0.05) is 13.8 Å². The van der Waals surface area contributed by atoms with E-state index in [-0.39, 0.29) is 0 Å².